The van der Waals surface area contributed by atoms with Crippen LogP contribution in [0.5, 0.6) is 11.5 Å². The van der Waals surface area contributed by atoms with Crippen molar-refractivity contribution in [3.05, 3.63) is 72.3 Å². The number of phenolic OH excluding ortho intramolecular Hbond substituents is 1. The van der Waals surface area contributed by atoms with Crippen LogP contribution in [0.4, 0.5) is 11.4 Å². The van der Waals surface area contributed by atoms with Crippen molar-refractivity contribution in [3.63, 3.8) is 0 Å². The van der Waals surface area contributed by atoms with Crippen molar-refractivity contribution in [1.29, 1.82) is 0 Å². The van der Waals surface area contributed by atoms with Gasteiger partial charge in [-0.3, -0.25) is 14.4 Å². The van der Waals surface area contributed by atoms with Crippen LogP contribution < -0.4 is 20.5 Å². The molecule has 4 N–H and O–H groups in total. The highest BCUT2D eigenvalue weighted by Crippen LogP contribution is 2.47. The summed E-state index contributed by atoms with van der Waals surface area (Å²) in [6, 6.07) is 17.5. The van der Waals surface area contributed by atoms with Gasteiger partial charge in [-0.25, -0.2) is 8.42 Å². The van der Waals surface area contributed by atoms with Crippen LogP contribution in [-0.2, 0) is 24.2 Å². The van der Waals surface area contributed by atoms with E-state index in [1.807, 2.05) is 36.6 Å². The number of carboxylic acids is 1. The SMILES string of the molecule is CCCCC1(CCCC)CN(c2ccccc2)c2cc(SC)c(ONC(=O)CC(C(=O)NC(C)C(=O)O)c3ccc(O)cc3)cc2S(=O)(=O)C1. The molecular formula is C37H47N3O8S2. The van der Waals surface area contributed by atoms with Crippen LogP contribution >= 0.6 is 11.8 Å². The van der Waals surface area contributed by atoms with Crippen LogP contribution in [0.2, 0.25) is 0 Å². The van der Waals surface area contributed by atoms with Gasteiger partial charge in [-0.1, -0.05) is 69.9 Å². The number of unbranched alkanes of at least 4 members (excludes halogenated alkanes) is 2. The second kappa shape index (κ2) is 17.1. The molecule has 0 saturated carbocycles. The van der Waals surface area contributed by atoms with Crippen molar-refractivity contribution in [3.8, 4) is 11.5 Å². The number of aliphatic carboxylic acids is 1. The van der Waals surface area contributed by atoms with Crippen molar-refractivity contribution in [2.75, 3.05) is 23.5 Å². The molecule has 0 saturated heterocycles. The fraction of sp³-hybridized carbons (Fsp3) is 0.432. The molecule has 4 rings (SSSR count). The van der Waals surface area contributed by atoms with Gasteiger partial charge in [-0.05, 0) is 61.9 Å². The van der Waals surface area contributed by atoms with E-state index < -0.39 is 51.4 Å². The summed E-state index contributed by atoms with van der Waals surface area (Å²) in [6.45, 7) is 6.07. The predicted octanol–water partition coefficient (Wildman–Crippen LogP) is 6.58. The number of carbonyl (C=O) groups is 3. The molecule has 13 heteroatoms. The smallest absolute Gasteiger partial charge is 0.325 e. The maximum absolute atomic E-state index is 14.4. The van der Waals surface area contributed by atoms with Gasteiger partial charge in [0.1, 0.15) is 11.8 Å². The molecule has 2 amide bonds. The second-order valence-electron chi connectivity index (χ2n) is 12.9. The Hall–Kier alpha value is -4.23. The van der Waals surface area contributed by atoms with Gasteiger partial charge < -0.3 is 25.3 Å². The largest absolute Gasteiger partial charge is 0.508 e. The van der Waals surface area contributed by atoms with Gasteiger partial charge in [0.15, 0.2) is 15.6 Å². The maximum atomic E-state index is 14.4. The molecule has 1 aliphatic rings. The minimum Gasteiger partial charge on any atom is -0.508 e. The number of rotatable bonds is 16. The van der Waals surface area contributed by atoms with Crippen LogP contribution in [-0.4, -0.2) is 61.0 Å². The molecule has 3 aromatic rings. The van der Waals surface area contributed by atoms with Crippen molar-refractivity contribution in [2.45, 2.75) is 87.5 Å². The van der Waals surface area contributed by atoms with Crippen LogP contribution in [0.1, 0.15) is 77.2 Å². The van der Waals surface area contributed by atoms with Gasteiger partial charge in [-0.15, -0.1) is 11.8 Å². The first-order valence-corrected chi connectivity index (χ1v) is 19.8. The lowest BCUT2D eigenvalue weighted by atomic mass is 9.79. The number of hydrogen-bond donors (Lipinski definition) is 4. The summed E-state index contributed by atoms with van der Waals surface area (Å²) in [4.78, 5) is 46.4. The molecule has 0 fully saturated rings. The number of carboxylic acid groups (broad SMARTS) is 1. The summed E-state index contributed by atoms with van der Waals surface area (Å²) in [5.41, 5.74) is 3.71. The number of anilines is 2. The number of amides is 2. The fourth-order valence-electron chi connectivity index (χ4n) is 6.33. The molecular weight excluding hydrogens is 679 g/mol. The van der Waals surface area contributed by atoms with Crippen LogP contribution in [0, 0.1) is 5.41 Å². The monoisotopic (exact) mass is 725 g/mol. The minimum absolute atomic E-state index is 0.0149. The van der Waals surface area contributed by atoms with E-state index in [1.54, 1.807) is 6.07 Å². The van der Waals surface area contributed by atoms with Gasteiger partial charge >= 0.3 is 5.97 Å². The van der Waals surface area contributed by atoms with Gasteiger partial charge in [-0.2, -0.15) is 5.48 Å². The number of carbonyl (C=O) groups excluding carboxylic acids is 2. The highest BCUT2D eigenvalue weighted by molar-refractivity contribution is 7.98. The van der Waals surface area contributed by atoms with Crippen LogP contribution in [0.3, 0.4) is 0 Å². The first-order valence-electron chi connectivity index (χ1n) is 16.9. The predicted molar refractivity (Wildman–Crippen MR) is 195 cm³/mol. The summed E-state index contributed by atoms with van der Waals surface area (Å²) in [6.07, 6.45) is 6.69. The van der Waals surface area contributed by atoms with Crippen molar-refractivity contribution in [2.24, 2.45) is 5.41 Å². The number of aromatic hydroxyl groups is 1. The number of nitrogens with zero attached hydrogens (tertiary/aromatic N) is 1. The lowest BCUT2D eigenvalue weighted by Crippen LogP contribution is -2.42. The molecule has 11 nitrogen and oxygen atoms in total. The third kappa shape index (κ3) is 9.51. The zero-order chi connectivity index (χ0) is 36.5. The zero-order valence-electron chi connectivity index (χ0n) is 29.0. The van der Waals surface area contributed by atoms with E-state index in [0.717, 1.165) is 44.2 Å². The molecule has 3 aromatic carbocycles. The maximum Gasteiger partial charge on any atom is 0.325 e. The molecule has 2 atom stereocenters. The summed E-state index contributed by atoms with van der Waals surface area (Å²) < 4.78 is 28.7. The highest BCUT2D eigenvalue weighted by atomic mass is 32.2. The Labute approximate surface area is 298 Å². The summed E-state index contributed by atoms with van der Waals surface area (Å²) in [5.74, 6) is -3.65. The highest BCUT2D eigenvalue weighted by Gasteiger charge is 2.42. The van der Waals surface area contributed by atoms with E-state index in [-0.39, 0.29) is 22.1 Å². The number of nitrogens with one attached hydrogen (secondary N) is 2. The van der Waals surface area contributed by atoms with Gasteiger partial charge in [0.05, 0.1) is 27.1 Å². The molecule has 0 aliphatic carbocycles. The average molecular weight is 726 g/mol. The number of sulfone groups is 1. The molecule has 0 aromatic heterocycles. The Balaban J connectivity index is 1.69. The first kappa shape index (κ1) is 38.6. The van der Waals surface area contributed by atoms with Gasteiger partial charge in [0.25, 0.3) is 5.91 Å². The lowest BCUT2D eigenvalue weighted by Gasteiger charge is -2.37. The summed E-state index contributed by atoms with van der Waals surface area (Å²) in [5, 5.41) is 21.4. The molecule has 0 radical (unpaired) electrons. The van der Waals surface area contributed by atoms with E-state index in [2.05, 4.69) is 29.5 Å². The topological polar surface area (TPSA) is 162 Å². The van der Waals surface area contributed by atoms with E-state index in [4.69, 9.17) is 4.84 Å². The minimum atomic E-state index is -3.83. The molecule has 2 unspecified atom stereocenters. The van der Waals surface area contributed by atoms with Gasteiger partial charge in [0.2, 0.25) is 5.91 Å². The fourth-order valence-corrected chi connectivity index (χ4v) is 8.98. The summed E-state index contributed by atoms with van der Waals surface area (Å²) >= 11 is 1.34. The van der Waals surface area contributed by atoms with E-state index in [0.29, 0.717) is 22.7 Å². The van der Waals surface area contributed by atoms with E-state index in [1.165, 1.54) is 49.0 Å². The number of benzene rings is 3. The number of thioether (sulfide) groups is 1. The number of hydroxylamine groups is 1. The van der Waals surface area contributed by atoms with Crippen molar-refractivity contribution in [1.82, 2.24) is 10.8 Å². The first-order chi connectivity index (χ1) is 23.8. The Morgan fingerprint density at radius 2 is 1.64 bits per heavy atom. The van der Waals surface area contributed by atoms with Crippen LogP contribution in [0.15, 0.2) is 76.5 Å². The Bertz CT molecular complexity index is 1740. The Kier molecular flexibility index (Phi) is 13.2. The number of phenols is 1. The normalized spacial score (nSPS) is 16.0. The quantitative estimate of drug-likeness (QED) is 0.0938. The Morgan fingerprint density at radius 3 is 2.22 bits per heavy atom. The molecule has 50 heavy (non-hydrogen) atoms. The van der Waals surface area contributed by atoms with E-state index in [9.17, 15) is 33.0 Å². The molecule has 0 spiro atoms. The molecule has 1 aliphatic heterocycles. The van der Waals surface area contributed by atoms with Crippen molar-refractivity contribution >= 4 is 50.8 Å². The van der Waals surface area contributed by atoms with Gasteiger partial charge in [0, 0.05) is 30.1 Å². The third-order valence-corrected chi connectivity index (χ3v) is 11.8. The molecule has 0 bridgehead atoms. The third-order valence-electron chi connectivity index (χ3n) is 9.06. The number of para-hydroxylation sites is 1. The van der Waals surface area contributed by atoms with E-state index >= 15 is 0 Å². The average Bonchev–Trinajstić information content (AvgIpc) is 3.19. The zero-order valence-corrected chi connectivity index (χ0v) is 30.6. The van der Waals surface area contributed by atoms with Crippen LogP contribution in [0.25, 0.3) is 0 Å². The summed E-state index contributed by atoms with van der Waals surface area (Å²) in [7, 11) is -3.83. The molecule has 270 valence electrons. The number of fused-ring (bicyclic) bond motifs is 1. The lowest BCUT2D eigenvalue weighted by molar-refractivity contribution is -0.141. The second-order valence-corrected chi connectivity index (χ2v) is 15.7. The Morgan fingerprint density at radius 1 is 1.00 bits per heavy atom. The van der Waals surface area contributed by atoms with Crippen molar-refractivity contribution < 1.29 is 37.9 Å². The number of hydrogen-bond acceptors (Lipinski definition) is 9. The molecule has 1 heterocycles. The standard InChI is InChI=1S/C37H47N3O8S2/c1-5-7-18-37(19-8-6-2)23-40(27-12-10-9-11-13-27)30-21-32(49-4)31(22-33(30)50(46,47)24-37)48-39-34(42)20-29(26-14-16-28(41)17-15-26)35(43)38-25(3)36(44)45/h9-17,21-22,25,29,41H,5-8,18-20,23-24H2,1-4H3,(H,38,43)(H,39,42)(H,44,45).